The van der Waals surface area contributed by atoms with Gasteiger partial charge in [-0.15, -0.1) is 0 Å². The van der Waals surface area contributed by atoms with Crippen LogP contribution in [0.1, 0.15) is 18.1 Å². The standard InChI is InChI=1S/C17H18FNO/c1-2-19-11-15-10-12(3-5-16(15)18)13-4-6-17-14(9-13)7-8-20-17/h3-6,9-10,19H,2,7-8,11H2,1H3. The van der Waals surface area contributed by atoms with Crippen molar-refractivity contribution in [3.63, 3.8) is 0 Å². The summed E-state index contributed by atoms with van der Waals surface area (Å²) < 4.78 is 19.3. The third kappa shape index (κ3) is 2.54. The molecule has 0 amide bonds. The first-order valence-electron chi connectivity index (χ1n) is 7.03. The lowest BCUT2D eigenvalue weighted by atomic mass is 10.00. The number of fused-ring (bicyclic) bond motifs is 1. The van der Waals surface area contributed by atoms with E-state index in [9.17, 15) is 4.39 Å². The van der Waals surface area contributed by atoms with Crippen LogP contribution in [-0.2, 0) is 13.0 Å². The van der Waals surface area contributed by atoms with Crippen molar-refractivity contribution in [3.8, 4) is 16.9 Å². The molecule has 3 heteroatoms. The summed E-state index contributed by atoms with van der Waals surface area (Å²) >= 11 is 0. The Morgan fingerprint density at radius 2 is 1.95 bits per heavy atom. The van der Waals surface area contributed by atoms with Gasteiger partial charge in [0.15, 0.2) is 0 Å². The molecule has 0 atom stereocenters. The Labute approximate surface area is 118 Å². The van der Waals surface area contributed by atoms with Crippen LogP contribution in [0.15, 0.2) is 36.4 Å². The van der Waals surface area contributed by atoms with Crippen molar-refractivity contribution in [2.75, 3.05) is 13.2 Å². The molecule has 2 aromatic rings. The molecule has 0 fully saturated rings. The zero-order valence-electron chi connectivity index (χ0n) is 11.6. The van der Waals surface area contributed by atoms with Gasteiger partial charge in [-0.3, -0.25) is 0 Å². The van der Waals surface area contributed by atoms with Crippen molar-refractivity contribution in [3.05, 3.63) is 53.3 Å². The van der Waals surface area contributed by atoms with Crippen LogP contribution in [0.2, 0.25) is 0 Å². The summed E-state index contributed by atoms with van der Waals surface area (Å²) in [4.78, 5) is 0. The van der Waals surface area contributed by atoms with Gasteiger partial charge in [-0.25, -0.2) is 4.39 Å². The maximum atomic E-state index is 13.8. The van der Waals surface area contributed by atoms with Gasteiger partial charge in [0.2, 0.25) is 0 Å². The summed E-state index contributed by atoms with van der Waals surface area (Å²) in [5.74, 6) is 0.822. The van der Waals surface area contributed by atoms with Crippen molar-refractivity contribution in [1.29, 1.82) is 0 Å². The summed E-state index contributed by atoms with van der Waals surface area (Å²) in [5.41, 5.74) is 4.11. The van der Waals surface area contributed by atoms with Gasteiger partial charge in [-0.2, -0.15) is 0 Å². The fourth-order valence-electron chi connectivity index (χ4n) is 2.52. The summed E-state index contributed by atoms with van der Waals surface area (Å²) in [6.45, 7) is 4.17. The van der Waals surface area contributed by atoms with Gasteiger partial charge in [0.25, 0.3) is 0 Å². The van der Waals surface area contributed by atoms with E-state index < -0.39 is 0 Å². The van der Waals surface area contributed by atoms with E-state index in [-0.39, 0.29) is 5.82 Å². The van der Waals surface area contributed by atoms with Crippen LogP contribution >= 0.6 is 0 Å². The Morgan fingerprint density at radius 1 is 1.15 bits per heavy atom. The number of rotatable bonds is 4. The van der Waals surface area contributed by atoms with E-state index in [1.165, 1.54) is 5.56 Å². The molecular weight excluding hydrogens is 253 g/mol. The molecule has 1 aliphatic heterocycles. The quantitative estimate of drug-likeness (QED) is 0.918. The zero-order chi connectivity index (χ0) is 13.9. The number of nitrogens with one attached hydrogen (secondary N) is 1. The second kappa shape index (κ2) is 5.63. The molecule has 20 heavy (non-hydrogen) atoms. The SMILES string of the molecule is CCNCc1cc(-c2ccc3c(c2)CCO3)ccc1F. The number of hydrogen-bond donors (Lipinski definition) is 1. The third-order valence-electron chi connectivity index (χ3n) is 3.63. The average Bonchev–Trinajstić information content (AvgIpc) is 2.94. The summed E-state index contributed by atoms with van der Waals surface area (Å²) in [6, 6.07) is 11.5. The zero-order valence-corrected chi connectivity index (χ0v) is 11.6. The van der Waals surface area contributed by atoms with E-state index in [2.05, 4.69) is 11.4 Å². The predicted octanol–water partition coefficient (Wildman–Crippen LogP) is 3.54. The Hall–Kier alpha value is -1.87. The molecule has 104 valence electrons. The molecule has 1 N–H and O–H groups in total. The first-order chi connectivity index (χ1) is 9.78. The molecule has 0 bridgehead atoms. The number of ether oxygens (including phenoxy) is 1. The topological polar surface area (TPSA) is 21.3 Å². The van der Waals surface area contributed by atoms with E-state index in [4.69, 9.17) is 4.74 Å². The number of hydrogen-bond acceptors (Lipinski definition) is 2. The Balaban J connectivity index is 1.93. The molecule has 3 rings (SSSR count). The lowest BCUT2D eigenvalue weighted by Gasteiger charge is -2.09. The van der Waals surface area contributed by atoms with Crippen LogP contribution in [0.5, 0.6) is 5.75 Å². The fourth-order valence-corrected chi connectivity index (χ4v) is 2.52. The number of benzene rings is 2. The second-order valence-corrected chi connectivity index (χ2v) is 5.01. The Morgan fingerprint density at radius 3 is 2.80 bits per heavy atom. The highest BCUT2D eigenvalue weighted by Gasteiger charge is 2.13. The minimum atomic E-state index is -0.154. The first-order valence-corrected chi connectivity index (χ1v) is 7.03. The largest absolute Gasteiger partial charge is 0.493 e. The molecule has 0 saturated heterocycles. The smallest absolute Gasteiger partial charge is 0.127 e. The predicted molar refractivity (Wildman–Crippen MR) is 78.4 cm³/mol. The highest BCUT2D eigenvalue weighted by molar-refractivity contribution is 5.67. The van der Waals surface area contributed by atoms with Crippen molar-refractivity contribution < 1.29 is 9.13 Å². The molecular formula is C17H18FNO. The second-order valence-electron chi connectivity index (χ2n) is 5.01. The van der Waals surface area contributed by atoms with Gasteiger partial charge in [-0.1, -0.05) is 19.1 Å². The van der Waals surface area contributed by atoms with E-state index in [1.54, 1.807) is 6.07 Å². The van der Waals surface area contributed by atoms with Crippen molar-refractivity contribution in [1.82, 2.24) is 5.32 Å². The van der Waals surface area contributed by atoms with Crippen LogP contribution in [-0.4, -0.2) is 13.2 Å². The monoisotopic (exact) mass is 271 g/mol. The molecule has 2 aromatic carbocycles. The molecule has 0 unspecified atom stereocenters. The molecule has 0 aromatic heterocycles. The summed E-state index contributed by atoms with van der Waals surface area (Å²) in [7, 11) is 0. The van der Waals surface area contributed by atoms with Gasteiger partial charge in [0.05, 0.1) is 6.61 Å². The van der Waals surface area contributed by atoms with Gasteiger partial charge in [0, 0.05) is 18.5 Å². The van der Waals surface area contributed by atoms with Crippen LogP contribution in [0.4, 0.5) is 4.39 Å². The fraction of sp³-hybridized carbons (Fsp3) is 0.294. The van der Waals surface area contributed by atoms with Gasteiger partial charge in [-0.05, 0) is 47.5 Å². The van der Waals surface area contributed by atoms with Crippen LogP contribution in [0, 0.1) is 5.82 Å². The lowest BCUT2D eigenvalue weighted by Crippen LogP contribution is -2.12. The molecule has 0 spiro atoms. The van der Waals surface area contributed by atoms with Gasteiger partial charge in [0.1, 0.15) is 11.6 Å². The minimum absolute atomic E-state index is 0.154. The summed E-state index contributed by atoms with van der Waals surface area (Å²) in [6.07, 6.45) is 0.953. The molecule has 0 aliphatic carbocycles. The maximum Gasteiger partial charge on any atom is 0.127 e. The van der Waals surface area contributed by atoms with E-state index in [1.807, 2.05) is 31.2 Å². The third-order valence-corrected chi connectivity index (χ3v) is 3.63. The number of halogens is 1. The lowest BCUT2D eigenvalue weighted by molar-refractivity contribution is 0.357. The van der Waals surface area contributed by atoms with Gasteiger partial charge < -0.3 is 10.1 Å². The first kappa shape index (κ1) is 13.1. The highest BCUT2D eigenvalue weighted by atomic mass is 19.1. The van der Waals surface area contributed by atoms with E-state index in [0.29, 0.717) is 12.1 Å². The van der Waals surface area contributed by atoms with Crippen LogP contribution in [0.3, 0.4) is 0 Å². The average molecular weight is 271 g/mol. The maximum absolute atomic E-state index is 13.8. The van der Waals surface area contributed by atoms with E-state index >= 15 is 0 Å². The Kier molecular flexibility index (Phi) is 3.70. The van der Waals surface area contributed by atoms with Crippen molar-refractivity contribution in [2.24, 2.45) is 0 Å². The Bertz CT molecular complexity index is 624. The van der Waals surface area contributed by atoms with E-state index in [0.717, 1.165) is 36.4 Å². The highest BCUT2D eigenvalue weighted by Crippen LogP contribution is 2.31. The summed E-state index contributed by atoms with van der Waals surface area (Å²) in [5, 5.41) is 3.17. The molecule has 0 radical (unpaired) electrons. The molecule has 1 aliphatic rings. The van der Waals surface area contributed by atoms with Crippen LogP contribution in [0.25, 0.3) is 11.1 Å². The minimum Gasteiger partial charge on any atom is -0.493 e. The molecule has 2 nitrogen and oxygen atoms in total. The van der Waals surface area contributed by atoms with Crippen LogP contribution < -0.4 is 10.1 Å². The van der Waals surface area contributed by atoms with Crippen molar-refractivity contribution in [2.45, 2.75) is 19.9 Å². The van der Waals surface area contributed by atoms with Crippen molar-refractivity contribution >= 4 is 0 Å². The molecule has 0 saturated carbocycles. The normalized spacial score (nSPS) is 13.1. The van der Waals surface area contributed by atoms with Gasteiger partial charge >= 0.3 is 0 Å². The molecule has 1 heterocycles.